The molecule has 1 saturated carbocycles. The van der Waals surface area contributed by atoms with Crippen LogP contribution in [-0.2, 0) is 14.3 Å². The maximum absolute atomic E-state index is 11.2. The smallest absolute Gasteiger partial charge is 0.262 e. The summed E-state index contributed by atoms with van der Waals surface area (Å²) in [6.45, 7) is 0. The van der Waals surface area contributed by atoms with Crippen LogP contribution in [0.2, 0.25) is 5.02 Å². The molecular weight excluding hydrogens is 248 g/mol. The quantitative estimate of drug-likeness (QED) is 0.782. The van der Waals surface area contributed by atoms with Gasteiger partial charge < -0.3 is 0 Å². The monoisotopic (exact) mass is 260 g/mol. The van der Waals surface area contributed by atoms with E-state index in [0.29, 0.717) is 10.9 Å². The van der Waals surface area contributed by atoms with Crippen molar-refractivity contribution in [1.82, 2.24) is 0 Å². The van der Waals surface area contributed by atoms with Crippen LogP contribution in [0.25, 0.3) is 0 Å². The van der Waals surface area contributed by atoms with E-state index >= 15 is 0 Å². The van der Waals surface area contributed by atoms with Crippen molar-refractivity contribution in [2.45, 2.75) is 18.9 Å². The zero-order valence-corrected chi connectivity index (χ0v) is 10.5. The maximum Gasteiger partial charge on any atom is 0.264 e. The van der Waals surface area contributed by atoms with Crippen molar-refractivity contribution in [2.24, 2.45) is 5.92 Å². The number of hydrogen-bond acceptors (Lipinski definition) is 3. The highest BCUT2D eigenvalue weighted by Gasteiger charge is 2.35. The highest BCUT2D eigenvalue weighted by Crippen LogP contribution is 2.44. The Kier molecular flexibility index (Phi) is 3.24. The van der Waals surface area contributed by atoms with Crippen LogP contribution in [0, 0.1) is 5.92 Å². The van der Waals surface area contributed by atoms with Gasteiger partial charge in [-0.15, -0.1) is 0 Å². The standard InChI is InChI=1S/C11H13ClO3S/c1-16(13,14)15-11(8-2-3-8)9-4-6-10(12)7-5-9/h4-8,11H,2-3H2,1H3. The van der Waals surface area contributed by atoms with Crippen molar-refractivity contribution in [3.8, 4) is 0 Å². The molecule has 0 spiro atoms. The van der Waals surface area contributed by atoms with Crippen LogP contribution >= 0.6 is 11.6 Å². The van der Waals surface area contributed by atoms with Gasteiger partial charge in [-0.05, 0) is 36.5 Å². The number of rotatable bonds is 4. The second-order valence-corrected chi connectivity index (χ2v) is 6.15. The number of halogens is 1. The minimum Gasteiger partial charge on any atom is -0.262 e. The lowest BCUT2D eigenvalue weighted by molar-refractivity contribution is 0.191. The Bertz CT molecular complexity index is 463. The Morgan fingerprint density at radius 3 is 2.31 bits per heavy atom. The lowest BCUT2D eigenvalue weighted by Crippen LogP contribution is -2.12. The van der Waals surface area contributed by atoms with Gasteiger partial charge in [0.15, 0.2) is 0 Å². The van der Waals surface area contributed by atoms with E-state index in [4.69, 9.17) is 15.8 Å². The molecule has 16 heavy (non-hydrogen) atoms. The summed E-state index contributed by atoms with van der Waals surface area (Å²) in [4.78, 5) is 0. The summed E-state index contributed by atoms with van der Waals surface area (Å²) in [6.07, 6.45) is 2.76. The molecule has 0 bridgehead atoms. The van der Waals surface area contributed by atoms with Crippen molar-refractivity contribution in [2.75, 3.05) is 6.26 Å². The maximum atomic E-state index is 11.2. The molecular formula is C11H13ClO3S. The summed E-state index contributed by atoms with van der Waals surface area (Å²) >= 11 is 5.79. The SMILES string of the molecule is CS(=O)(=O)OC(c1ccc(Cl)cc1)C1CC1. The van der Waals surface area contributed by atoms with Gasteiger partial charge in [-0.3, -0.25) is 4.18 Å². The van der Waals surface area contributed by atoms with Crippen LogP contribution in [0.1, 0.15) is 24.5 Å². The molecule has 1 unspecified atom stereocenters. The topological polar surface area (TPSA) is 43.4 Å². The Labute approximate surface area is 101 Å². The summed E-state index contributed by atoms with van der Waals surface area (Å²) in [6, 6.07) is 7.13. The van der Waals surface area contributed by atoms with Gasteiger partial charge >= 0.3 is 0 Å². The molecule has 2 rings (SSSR count). The Hall–Kier alpha value is -0.580. The number of benzene rings is 1. The predicted molar refractivity (Wildman–Crippen MR) is 62.8 cm³/mol. The summed E-state index contributed by atoms with van der Waals surface area (Å²) < 4.78 is 27.4. The Morgan fingerprint density at radius 1 is 1.31 bits per heavy atom. The summed E-state index contributed by atoms with van der Waals surface area (Å²) in [5, 5.41) is 0.637. The van der Waals surface area contributed by atoms with Gasteiger partial charge in [-0.1, -0.05) is 23.7 Å². The van der Waals surface area contributed by atoms with Gasteiger partial charge in [-0.2, -0.15) is 8.42 Å². The zero-order chi connectivity index (χ0) is 11.8. The fourth-order valence-electron chi connectivity index (χ4n) is 1.65. The molecule has 1 aliphatic carbocycles. The molecule has 1 aromatic carbocycles. The normalized spacial score (nSPS) is 18.4. The molecule has 0 aliphatic heterocycles. The molecule has 0 N–H and O–H groups in total. The highest BCUT2D eigenvalue weighted by molar-refractivity contribution is 7.86. The first-order valence-electron chi connectivity index (χ1n) is 5.09. The molecule has 3 nitrogen and oxygen atoms in total. The molecule has 0 amide bonds. The minimum atomic E-state index is -3.42. The van der Waals surface area contributed by atoms with E-state index in [9.17, 15) is 8.42 Å². The second-order valence-electron chi connectivity index (χ2n) is 4.11. The van der Waals surface area contributed by atoms with E-state index in [0.717, 1.165) is 24.7 Å². The molecule has 1 aromatic rings. The third-order valence-corrected chi connectivity index (χ3v) is 3.34. The molecule has 0 aromatic heterocycles. The second kappa shape index (κ2) is 4.35. The van der Waals surface area contributed by atoms with E-state index in [1.165, 1.54) is 0 Å². The van der Waals surface area contributed by atoms with Crippen molar-refractivity contribution in [3.05, 3.63) is 34.9 Å². The Morgan fingerprint density at radius 2 is 1.88 bits per heavy atom. The van der Waals surface area contributed by atoms with E-state index in [2.05, 4.69) is 0 Å². The van der Waals surface area contributed by atoms with Gasteiger partial charge in [0.1, 0.15) is 6.10 Å². The third kappa shape index (κ3) is 3.20. The average Bonchev–Trinajstić information content (AvgIpc) is 2.97. The molecule has 88 valence electrons. The van der Waals surface area contributed by atoms with Crippen LogP contribution in [0.3, 0.4) is 0 Å². The largest absolute Gasteiger partial charge is 0.264 e. The fourth-order valence-corrected chi connectivity index (χ4v) is 2.42. The molecule has 1 atom stereocenters. The zero-order valence-electron chi connectivity index (χ0n) is 8.89. The van der Waals surface area contributed by atoms with Gasteiger partial charge in [-0.25, -0.2) is 0 Å². The van der Waals surface area contributed by atoms with E-state index in [1.807, 2.05) is 12.1 Å². The first-order chi connectivity index (χ1) is 7.46. The molecule has 0 radical (unpaired) electrons. The minimum absolute atomic E-state index is 0.316. The average molecular weight is 261 g/mol. The third-order valence-electron chi connectivity index (χ3n) is 2.53. The number of hydrogen-bond donors (Lipinski definition) is 0. The van der Waals surface area contributed by atoms with Gasteiger partial charge in [0.05, 0.1) is 6.26 Å². The van der Waals surface area contributed by atoms with Crippen molar-refractivity contribution >= 4 is 21.7 Å². The van der Waals surface area contributed by atoms with Crippen LogP contribution in [-0.4, -0.2) is 14.7 Å². The van der Waals surface area contributed by atoms with E-state index < -0.39 is 10.1 Å². The van der Waals surface area contributed by atoms with Crippen LogP contribution in [0.5, 0.6) is 0 Å². The van der Waals surface area contributed by atoms with Crippen molar-refractivity contribution in [3.63, 3.8) is 0 Å². The van der Waals surface area contributed by atoms with E-state index in [-0.39, 0.29) is 6.10 Å². The summed E-state index contributed by atoms with van der Waals surface area (Å²) in [5.74, 6) is 0.316. The fraction of sp³-hybridized carbons (Fsp3) is 0.455. The first-order valence-corrected chi connectivity index (χ1v) is 7.29. The lowest BCUT2D eigenvalue weighted by atomic mass is 10.1. The molecule has 5 heteroatoms. The Balaban J connectivity index is 2.22. The predicted octanol–water partition coefficient (Wildman–Crippen LogP) is 2.77. The van der Waals surface area contributed by atoms with Gasteiger partial charge in [0.25, 0.3) is 10.1 Å². The lowest BCUT2D eigenvalue weighted by Gasteiger charge is -2.15. The van der Waals surface area contributed by atoms with Crippen molar-refractivity contribution in [1.29, 1.82) is 0 Å². The molecule has 1 fully saturated rings. The molecule has 0 saturated heterocycles. The highest BCUT2D eigenvalue weighted by atomic mass is 35.5. The van der Waals surface area contributed by atoms with Crippen LogP contribution < -0.4 is 0 Å². The van der Waals surface area contributed by atoms with Gasteiger partial charge in [0, 0.05) is 5.02 Å². The summed E-state index contributed by atoms with van der Waals surface area (Å²) in [7, 11) is -3.42. The summed E-state index contributed by atoms with van der Waals surface area (Å²) in [5.41, 5.74) is 0.873. The van der Waals surface area contributed by atoms with E-state index in [1.54, 1.807) is 12.1 Å². The molecule has 1 aliphatic rings. The molecule has 0 heterocycles. The first kappa shape index (κ1) is 11.9. The van der Waals surface area contributed by atoms with Crippen molar-refractivity contribution < 1.29 is 12.6 Å². The van der Waals surface area contributed by atoms with Crippen LogP contribution in [0.15, 0.2) is 24.3 Å². The van der Waals surface area contributed by atoms with Crippen LogP contribution in [0.4, 0.5) is 0 Å². The van der Waals surface area contributed by atoms with Gasteiger partial charge in [0.2, 0.25) is 0 Å².